The average molecular weight is 431 g/mol. The van der Waals surface area contributed by atoms with Crippen LogP contribution >= 0.6 is 0 Å². The molecule has 0 atom stereocenters. The molecule has 2 aromatic carbocycles. The molecule has 2 aliphatic rings. The van der Waals surface area contributed by atoms with E-state index in [2.05, 4.69) is 10.0 Å². The number of rotatable bonds is 7. The van der Waals surface area contributed by atoms with Gasteiger partial charge in [-0.3, -0.25) is 9.59 Å². The first-order valence-electron chi connectivity index (χ1n) is 9.83. The molecular weight excluding hydrogens is 409 g/mol. The van der Waals surface area contributed by atoms with Crippen molar-refractivity contribution < 1.29 is 22.4 Å². The molecule has 2 amide bonds. The Labute approximate surface area is 174 Å². The second-order valence-corrected chi connectivity index (χ2v) is 9.25. The Bertz CT molecular complexity index is 1100. The molecule has 4 rings (SSSR count). The molecule has 30 heavy (non-hydrogen) atoms. The van der Waals surface area contributed by atoms with Gasteiger partial charge in [-0.15, -0.1) is 0 Å². The quantitative estimate of drug-likeness (QED) is 0.704. The lowest BCUT2D eigenvalue weighted by Gasteiger charge is -2.17. The van der Waals surface area contributed by atoms with E-state index in [1.165, 1.54) is 24.3 Å². The number of sulfonamides is 1. The van der Waals surface area contributed by atoms with E-state index in [0.717, 1.165) is 24.1 Å². The highest BCUT2D eigenvalue weighted by atomic mass is 32.2. The molecule has 0 bridgehead atoms. The molecule has 158 valence electrons. The lowest BCUT2D eigenvalue weighted by atomic mass is 10.2. The Morgan fingerprint density at radius 1 is 1.13 bits per heavy atom. The average Bonchev–Trinajstić information content (AvgIpc) is 3.48. The van der Waals surface area contributed by atoms with Crippen molar-refractivity contribution in [2.24, 2.45) is 5.92 Å². The fourth-order valence-electron chi connectivity index (χ4n) is 3.48. The van der Waals surface area contributed by atoms with Crippen LogP contribution in [0.15, 0.2) is 47.4 Å². The van der Waals surface area contributed by atoms with Crippen LogP contribution in [-0.4, -0.2) is 33.3 Å². The van der Waals surface area contributed by atoms with E-state index in [-0.39, 0.29) is 35.4 Å². The summed E-state index contributed by atoms with van der Waals surface area (Å²) in [4.78, 5) is 26.1. The Morgan fingerprint density at radius 3 is 2.63 bits per heavy atom. The van der Waals surface area contributed by atoms with Gasteiger partial charge >= 0.3 is 0 Å². The molecule has 0 spiro atoms. The van der Waals surface area contributed by atoms with Gasteiger partial charge in [-0.1, -0.05) is 12.1 Å². The Balaban J connectivity index is 1.35. The molecule has 1 saturated carbocycles. The smallest absolute Gasteiger partial charge is 0.240 e. The van der Waals surface area contributed by atoms with Gasteiger partial charge in [0.2, 0.25) is 21.8 Å². The monoisotopic (exact) mass is 431 g/mol. The number of para-hydroxylation sites is 1. The number of amides is 2. The number of carbonyl (C=O) groups is 2. The molecule has 1 heterocycles. The number of hydrogen-bond acceptors (Lipinski definition) is 4. The largest absolute Gasteiger partial charge is 0.324 e. The van der Waals surface area contributed by atoms with Crippen molar-refractivity contribution in [3.05, 3.63) is 53.8 Å². The Morgan fingerprint density at radius 2 is 1.90 bits per heavy atom. The first kappa shape index (κ1) is 20.5. The summed E-state index contributed by atoms with van der Waals surface area (Å²) in [6.07, 6.45) is 2.32. The van der Waals surface area contributed by atoms with Gasteiger partial charge in [0.05, 0.1) is 10.6 Å². The zero-order valence-corrected chi connectivity index (χ0v) is 17.0. The maximum atomic E-state index is 13.6. The van der Waals surface area contributed by atoms with Gasteiger partial charge in [0.1, 0.15) is 5.82 Å². The van der Waals surface area contributed by atoms with Crippen LogP contribution in [0.5, 0.6) is 0 Å². The second-order valence-electron chi connectivity index (χ2n) is 7.48. The van der Waals surface area contributed by atoms with E-state index in [1.807, 2.05) is 0 Å². The van der Waals surface area contributed by atoms with E-state index in [0.29, 0.717) is 13.0 Å². The molecule has 0 aromatic heterocycles. The van der Waals surface area contributed by atoms with Crippen LogP contribution in [0.4, 0.5) is 15.8 Å². The summed E-state index contributed by atoms with van der Waals surface area (Å²) in [6, 6.07) is 10.5. The van der Waals surface area contributed by atoms with E-state index in [1.54, 1.807) is 23.1 Å². The van der Waals surface area contributed by atoms with Crippen molar-refractivity contribution in [2.45, 2.75) is 30.6 Å². The van der Waals surface area contributed by atoms with Gasteiger partial charge in [0.25, 0.3) is 0 Å². The van der Waals surface area contributed by atoms with Gasteiger partial charge in [-0.2, -0.15) is 0 Å². The summed E-state index contributed by atoms with van der Waals surface area (Å²) < 4.78 is 41.1. The number of anilines is 2. The molecule has 0 unspecified atom stereocenters. The SMILES string of the molecule is O=C(CCNS(=O)(=O)c1ccc2c(c1)CCN2C(=O)C1CC1)Nc1ccccc1F. The number of fused-ring (bicyclic) bond motifs is 1. The molecule has 0 radical (unpaired) electrons. The molecule has 2 aromatic rings. The standard InChI is InChI=1S/C21H22FN3O4S/c22-17-3-1-2-4-18(17)24-20(26)9-11-23-30(28,29)16-7-8-19-15(13-16)10-12-25(19)21(27)14-5-6-14/h1-4,7-8,13-14,23H,5-6,9-12H2,(H,24,26). The molecule has 0 saturated heterocycles. The van der Waals surface area contributed by atoms with Crippen LogP contribution in [-0.2, 0) is 26.0 Å². The zero-order valence-electron chi connectivity index (χ0n) is 16.2. The number of hydrogen-bond donors (Lipinski definition) is 2. The summed E-state index contributed by atoms with van der Waals surface area (Å²) in [5.41, 5.74) is 1.65. The second kappa shape index (κ2) is 8.16. The molecule has 7 nitrogen and oxygen atoms in total. The minimum atomic E-state index is -3.81. The van der Waals surface area contributed by atoms with E-state index >= 15 is 0 Å². The van der Waals surface area contributed by atoms with Crippen molar-refractivity contribution in [1.82, 2.24) is 4.72 Å². The minimum absolute atomic E-state index is 0.0503. The first-order valence-corrected chi connectivity index (χ1v) is 11.3. The van der Waals surface area contributed by atoms with E-state index < -0.39 is 21.7 Å². The van der Waals surface area contributed by atoms with Crippen LogP contribution < -0.4 is 14.9 Å². The predicted octanol–water partition coefficient (Wildman–Crippen LogP) is 2.43. The molecular formula is C21H22FN3O4S. The number of nitrogens with zero attached hydrogens (tertiary/aromatic N) is 1. The topological polar surface area (TPSA) is 95.6 Å². The third-order valence-corrected chi connectivity index (χ3v) is 6.70. The number of nitrogens with one attached hydrogen (secondary N) is 2. The summed E-state index contributed by atoms with van der Waals surface area (Å²) >= 11 is 0. The van der Waals surface area contributed by atoms with Crippen molar-refractivity contribution in [2.75, 3.05) is 23.3 Å². The van der Waals surface area contributed by atoms with Crippen molar-refractivity contribution in [1.29, 1.82) is 0 Å². The third kappa shape index (κ3) is 4.36. The molecule has 1 fully saturated rings. The summed E-state index contributed by atoms with van der Waals surface area (Å²) in [5, 5.41) is 2.41. The Kier molecular flexibility index (Phi) is 5.57. The number of benzene rings is 2. The molecule has 1 aliphatic carbocycles. The van der Waals surface area contributed by atoms with Crippen LogP contribution in [0, 0.1) is 11.7 Å². The molecule has 2 N–H and O–H groups in total. The van der Waals surface area contributed by atoms with Crippen LogP contribution in [0.25, 0.3) is 0 Å². The third-order valence-electron chi connectivity index (χ3n) is 5.24. The van der Waals surface area contributed by atoms with Gasteiger partial charge in [0.15, 0.2) is 0 Å². The van der Waals surface area contributed by atoms with Crippen molar-refractivity contribution in [3.63, 3.8) is 0 Å². The van der Waals surface area contributed by atoms with Gasteiger partial charge < -0.3 is 10.2 Å². The molecule has 1 aliphatic heterocycles. The fourth-order valence-corrected chi connectivity index (χ4v) is 4.56. The summed E-state index contributed by atoms with van der Waals surface area (Å²) in [7, 11) is -3.81. The van der Waals surface area contributed by atoms with Crippen LogP contribution in [0.3, 0.4) is 0 Å². The van der Waals surface area contributed by atoms with Crippen LogP contribution in [0.1, 0.15) is 24.8 Å². The van der Waals surface area contributed by atoms with Crippen molar-refractivity contribution in [3.8, 4) is 0 Å². The normalized spacial score (nSPS) is 15.7. The van der Waals surface area contributed by atoms with Crippen LogP contribution in [0.2, 0.25) is 0 Å². The van der Waals surface area contributed by atoms with E-state index in [4.69, 9.17) is 0 Å². The highest BCUT2D eigenvalue weighted by Gasteiger charge is 2.36. The lowest BCUT2D eigenvalue weighted by molar-refractivity contribution is -0.119. The number of halogens is 1. The zero-order chi connectivity index (χ0) is 21.3. The maximum Gasteiger partial charge on any atom is 0.240 e. The minimum Gasteiger partial charge on any atom is -0.324 e. The predicted molar refractivity (Wildman–Crippen MR) is 110 cm³/mol. The molecule has 9 heteroatoms. The maximum absolute atomic E-state index is 13.6. The van der Waals surface area contributed by atoms with Crippen molar-refractivity contribution >= 4 is 33.2 Å². The highest BCUT2D eigenvalue weighted by molar-refractivity contribution is 7.89. The van der Waals surface area contributed by atoms with Gasteiger partial charge in [0, 0.05) is 31.1 Å². The van der Waals surface area contributed by atoms with Gasteiger partial charge in [-0.05, 0) is 55.2 Å². The van der Waals surface area contributed by atoms with E-state index in [9.17, 15) is 22.4 Å². The fraction of sp³-hybridized carbons (Fsp3) is 0.333. The summed E-state index contributed by atoms with van der Waals surface area (Å²) in [5.74, 6) is -0.829. The summed E-state index contributed by atoms with van der Waals surface area (Å²) in [6.45, 7) is 0.448. The first-order chi connectivity index (χ1) is 14.3. The highest BCUT2D eigenvalue weighted by Crippen LogP contribution is 2.37. The number of carbonyl (C=O) groups excluding carboxylic acids is 2. The lowest BCUT2D eigenvalue weighted by Crippen LogP contribution is -2.30. The Hall–Kier alpha value is -2.78. The van der Waals surface area contributed by atoms with Gasteiger partial charge in [-0.25, -0.2) is 17.5 Å².